The molecule has 122 valence electrons. The second-order valence-corrected chi connectivity index (χ2v) is 7.65. The van der Waals surface area contributed by atoms with Gasteiger partial charge in [0, 0.05) is 11.3 Å². The number of nitrogens with one attached hydrogen (secondary N) is 2. The van der Waals surface area contributed by atoms with Gasteiger partial charge in [0.1, 0.15) is 4.88 Å². The van der Waals surface area contributed by atoms with Gasteiger partial charge in [0.25, 0.3) is 5.91 Å². The molecule has 1 heterocycles. The maximum atomic E-state index is 12.3. The third kappa shape index (κ3) is 4.60. The summed E-state index contributed by atoms with van der Waals surface area (Å²) < 4.78 is 24.7. The number of benzene rings is 1. The number of Topliss-reactive ketones (excluding diaryl/α,β-unsaturated/α-hetero) is 1. The predicted molar refractivity (Wildman–Crippen MR) is 89.7 cm³/mol. The fraction of sp³-hybridized carbons (Fsp3) is 0.214. The lowest BCUT2D eigenvalue weighted by Gasteiger charge is -2.05. The Balaban J connectivity index is 2.21. The van der Waals surface area contributed by atoms with Crippen LogP contribution in [0.3, 0.4) is 0 Å². The van der Waals surface area contributed by atoms with E-state index in [9.17, 15) is 18.0 Å². The van der Waals surface area contributed by atoms with Gasteiger partial charge in [0.2, 0.25) is 10.0 Å². The number of carbonyl (C=O) groups excluding carboxylic acids is 2. The largest absolute Gasteiger partial charge is 0.321 e. The first kappa shape index (κ1) is 17.1. The first-order valence-electron chi connectivity index (χ1n) is 6.53. The maximum Gasteiger partial charge on any atom is 0.267 e. The molecule has 0 aliphatic rings. The molecule has 1 aromatic carbocycles. The number of thiazole rings is 1. The van der Waals surface area contributed by atoms with Crippen LogP contribution in [0, 0.1) is 6.92 Å². The summed E-state index contributed by atoms with van der Waals surface area (Å²) in [6, 6.07) is 6.56. The second-order valence-electron chi connectivity index (χ2n) is 4.90. The lowest BCUT2D eigenvalue weighted by atomic mass is 10.1. The van der Waals surface area contributed by atoms with Crippen LogP contribution in [-0.4, -0.2) is 31.3 Å². The first-order chi connectivity index (χ1) is 10.7. The van der Waals surface area contributed by atoms with Crippen LogP contribution in [0.2, 0.25) is 0 Å². The molecule has 1 amide bonds. The lowest BCUT2D eigenvalue weighted by molar-refractivity contribution is 0.101. The zero-order chi connectivity index (χ0) is 17.2. The highest BCUT2D eigenvalue weighted by molar-refractivity contribution is 7.92. The molecule has 0 saturated carbocycles. The summed E-state index contributed by atoms with van der Waals surface area (Å²) in [4.78, 5) is 28.0. The Hall–Kier alpha value is -2.26. The van der Waals surface area contributed by atoms with E-state index in [1.54, 1.807) is 31.2 Å². The van der Waals surface area contributed by atoms with Crippen molar-refractivity contribution in [1.29, 1.82) is 0 Å². The van der Waals surface area contributed by atoms with Crippen molar-refractivity contribution in [3.8, 4) is 0 Å². The predicted octanol–water partition coefficient (Wildman–Crippen LogP) is 2.28. The van der Waals surface area contributed by atoms with Gasteiger partial charge in [0.15, 0.2) is 10.9 Å². The van der Waals surface area contributed by atoms with Crippen LogP contribution in [-0.2, 0) is 10.0 Å². The highest BCUT2D eigenvalue weighted by Gasteiger charge is 2.17. The number of ketones is 1. The van der Waals surface area contributed by atoms with Crippen molar-refractivity contribution < 1.29 is 18.0 Å². The molecule has 0 atom stereocenters. The molecule has 0 saturated heterocycles. The number of hydrogen-bond donors (Lipinski definition) is 2. The van der Waals surface area contributed by atoms with E-state index in [1.807, 2.05) is 0 Å². The number of hydrogen-bond acceptors (Lipinski definition) is 6. The Morgan fingerprint density at radius 1 is 1.26 bits per heavy atom. The number of anilines is 2. The fourth-order valence-electron chi connectivity index (χ4n) is 1.81. The van der Waals surface area contributed by atoms with Crippen molar-refractivity contribution in [1.82, 2.24) is 4.98 Å². The summed E-state index contributed by atoms with van der Waals surface area (Å²) in [6.07, 6.45) is 1.01. The molecule has 7 nitrogen and oxygen atoms in total. The zero-order valence-electron chi connectivity index (χ0n) is 12.7. The summed E-state index contributed by atoms with van der Waals surface area (Å²) in [6.45, 7) is 3.06. The smallest absolute Gasteiger partial charge is 0.267 e. The second kappa shape index (κ2) is 6.47. The van der Waals surface area contributed by atoms with Crippen LogP contribution in [0.1, 0.15) is 32.6 Å². The van der Waals surface area contributed by atoms with E-state index in [1.165, 1.54) is 6.92 Å². The molecule has 0 unspecified atom stereocenters. The molecule has 9 heteroatoms. The van der Waals surface area contributed by atoms with Gasteiger partial charge in [-0.05, 0) is 26.0 Å². The van der Waals surface area contributed by atoms with Crippen LogP contribution in [0.25, 0.3) is 0 Å². The van der Waals surface area contributed by atoms with Gasteiger partial charge >= 0.3 is 0 Å². The van der Waals surface area contributed by atoms with Crippen molar-refractivity contribution in [2.24, 2.45) is 0 Å². The van der Waals surface area contributed by atoms with Crippen LogP contribution < -0.4 is 10.0 Å². The molecule has 2 rings (SSSR count). The van der Waals surface area contributed by atoms with Crippen molar-refractivity contribution in [2.75, 3.05) is 16.3 Å². The third-order valence-corrected chi connectivity index (χ3v) is 4.57. The van der Waals surface area contributed by atoms with Gasteiger partial charge in [-0.25, -0.2) is 13.4 Å². The van der Waals surface area contributed by atoms with Gasteiger partial charge in [0.05, 0.1) is 11.9 Å². The molecule has 0 fully saturated rings. The minimum atomic E-state index is -3.45. The summed E-state index contributed by atoms with van der Waals surface area (Å²) in [5, 5.41) is 2.80. The topological polar surface area (TPSA) is 105 Å². The number of aryl methyl sites for hydroxylation is 1. The van der Waals surface area contributed by atoms with Gasteiger partial charge in [-0.1, -0.05) is 23.5 Å². The third-order valence-electron chi connectivity index (χ3n) is 2.80. The number of sulfonamides is 1. The summed E-state index contributed by atoms with van der Waals surface area (Å²) in [7, 11) is -3.45. The average molecular weight is 353 g/mol. The van der Waals surface area contributed by atoms with E-state index in [2.05, 4.69) is 15.0 Å². The summed E-state index contributed by atoms with van der Waals surface area (Å²) in [5.41, 5.74) is 1.39. The van der Waals surface area contributed by atoms with E-state index in [-0.39, 0.29) is 10.9 Å². The van der Waals surface area contributed by atoms with Crippen LogP contribution in [0.4, 0.5) is 10.8 Å². The summed E-state index contributed by atoms with van der Waals surface area (Å²) in [5.74, 6) is -0.517. The van der Waals surface area contributed by atoms with E-state index in [4.69, 9.17) is 0 Å². The highest BCUT2D eigenvalue weighted by atomic mass is 32.2. The molecule has 0 radical (unpaired) electrons. The zero-order valence-corrected chi connectivity index (χ0v) is 14.3. The van der Waals surface area contributed by atoms with Crippen molar-refractivity contribution in [2.45, 2.75) is 13.8 Å². The van der Waals surface area contributed by atoms with Crippen LogP contribution >= 0.6 is 11.3 Å². The molecule has 2 N–H and O–H groups in total. The molecular weight excluding hydrogens is 338 g/mol. The SMILES string of the molecule is CC(=O)c1cccc(NC(=O)c2sc(NS(C)(=O)=O)nc2C)c1. The number of amides is 1. The van der Waals surface area contributed by atoms with Crippen molar-refractivity contribution in [3.63, 3.8) is 0 Å². The Labute approximate surface area is 137 Å². The minimum absolute atomic E-state index is 0.102. The molecule has 2 aromatic rings. The average Bonchev–Trinajstić information content (AvgIpc) is 2.77. The van der Waals surface area contributed by atoms with E-state index in [0.29, 0.717) is 21.8 Å². The Morgan fingerprint density at radius 3 is 2.57 bits per heavy atom. The highest BCUT2D eigenvalue weighted by Crippen LogP contribution is 2.24. The quantitative estimate of drug-likeness (QED) is 0.802. The Bertz CT molecular complexity index is 872. The standard InChI is InChI=1S/C14H15N3O4S2/c1-8-12(22-14(15-8)17-23(3,20)21)13(19)16-11-6-4-5-10(7-11)9(2)18/h4-7H,1-3H3,(H,15,17)(H,16,19). The van der Waals surface area contributed by atoms with E-state index in [0.717, 1.165) is 17.6 Å². The van der Waals surface area contributed by atoms with Gasteiger partial charge in [-0.3, -0.25) is 14.3 Å². The molecule has 1 aromatic heterocycles. The molecular formula is C14H15N3O4S2. The van der Waals surface area contributed by atoms with Gasteiger partial charge in [-0.2, -0.15) is 0 Å². The first-order valence-corrected chi connectivity index (χ1v) is 9.24. The molecule has 0 aliphatic heterocycles. The Kier molecular flexibility index (Phi) is 4.81. The van der Waals surface area contributed by atoms with E-state index >= 15 is 0 Å². The molecule has 0 aliphatic carbocycles. The van der Waals surface area contributed by atoms with E-state index < -0.39 is 15.9 Å². The monoisotopic (exact) mass is 353 g/mol. The number of nitrogens with zero attached hydrogens (tertiary/aromatic N) is 1. The van der Waals surface area contributed by atoms with Crippen molar-refractivity contribution in [3.05, 3.63) is 40.4 Å². The van der Waals surface area contributed by atoms with Gasteiger partial charge < -0.3 is 5.32 Å². The molecule has 23 heavy (non-hydrogen) atoms. The molecule has 0 spiro atoms. The number of carbonyl (C=O) groups is 2. The fourth-order valence-corrected chi connectivity index (χ4v) is 3.51. The normalized spacial score (nSPS) is 11.1. The minimum Gasteiger partial charge on any atom is -0.321 e. The van der Waals surface area contributed by atoms with Crippen LogP contribution in [0.5, 0.6) is 0 Å². The Morgan fingerprint density at radius 2 is 1.96 bits per heavy atom. The number of aromatic nitrogens is 1. The molecule has 0 bridgehead atoms. The lowest BCUT2D eigenvalue weighted by Crippen LogP contribution is -2.12. The summed E-state index contributed by atoms with van der Waals surface area (Å²) >= 11 is 0.944. The maximum absolute atomic E-state index is 12.3. The number of rotatable bonds is 5. The van der Waals surface area contributed by atoms with Crippen molar-refractivity contribution >= 4 is 43.9 Å². The van der Waals surface area contributed by atoms with Gasteiger partial charge in [-0.15, -0.1) is 0 Å². The van der Waals surface area contributed by atoms with Crippen LogP contribution in [0.15, 0.2) is 24.3 Å².